The van der Waals surface area contributed by atoms with E-state index in [0.717, 1.165) is 12.7 Å². The smallest absolute Gasteiger partial charge is 0.341 e. The number of hydrogen-bond acceptors (Lipinski definition) is 5. The summed E-state index contributed by atoms with van der Waals surface area (Å²) in [5.41, 5.74) is 1.71. The molecule has 0 spiro atoms. The molecule has 0 fully saturated rings. The predicted octanol–water partition coefficient (Wildman–Crippen LogP) is 3.34. The van der Waals surface area contributed by atoms with Crippen LogP contribution in [-0.2, 0) is 4.79 Å². The Morgan fingerprint density at radius 2 is 1.54 bits per heavy atom. The van der Waals surface area contributed by atoms with E-state index >= 15 is 0 Å². The van der Waals surface area contributed by atoms with Gasteiger partial charge in [0.2, 0.25) is 0 Å². The van der Waals surface area contributed by atoms with Crippen LogP contribution in [0.25, 0.3) is 0 Å². The van der Waals surface area contributed by atoms with Crippen molar-refractivity contribution in [1.29, 1.82) is 0 Å². The van der Waals surface area contributed by atoms with E-state index < -0.39 is 12.1 Å². The highest BCUT2D eigenvalue weighted by atomic mass is 32.1. The first-order valence-corrected chi connectivity index (χ1v) is 8.07. The molecule has 0 amide bonds. The van der Waals surface area contributed by atoms with Gasteiger partial charge in [0.05, 0.1) is 5.57 Å². The van der Waals surface area contributed by atoms with Crippen molar-refractivity contribution in [2.45, 2.75) is 13.0 Å². The van der Waals surface area contributed by atoms with Gasteiger partial charge in [-0.3, -0.25) is 0 Å². The van der Waals surface area contributed by atoms with Crippen molar-refractivity contribution in [1.82, 2.24) is 0 Å². The maximum absolute atomic E-state index is 11.9. The van der Waals surface area contributed by atoms with Crippen LogP contribution in [0.5, 0.6) is 5.75 Å². The molecule has 0 saturated carbocycles. The topological polar surface area (TPSA) is 66.8 Å². The molecule has 2 N–H and O–H groups in total. The molecule has 0 saturated heterocycles. The quantitative estimate of drug-likeness (QED) is 0.343. The lowest BCUT2D eigenvalue weighted by Crippen LogP contribution is -2.16. The second-order valence-electron chi connectivity index (χ2n) is 4.54. The largest absolute Gasteiger partial charge is 0.423 e. The van der Waals surface area contributed by atoms with Gasteiger partial charge in [-0.05, 0) is 30.9 Å². The van der Waals surface area contributed by atoms with E-state index in [0.29, 0.717) is 11.3 Å². The van der Waals surface area contributed by atoms with E-state index in [2.05, 4.69) is 19.2 Å². The van der Waals surface area contributed by atoms with E-state index in [9.17, 15) is 9.90 Å². The van der Waals surface area contributed by atoms with E-state index in [1.807, 2.05) is 25.1 Å². The third kappa shape index (κ3) is 7.00. The Hall–Kier alpha value is -2.08. The SMILES string of the molecule is C=C(C(=O)Oc1ccccc1)C(O)c1ccc(C)cc1.CO.CS. The van der Waals surface area contributed by atoms with E-state index in [1.165, 1.54) is 0 Å². The molecule has 0 bridgehead atoms. The Balaban J connectivity index is 0.00000123. The van der Waals surface area contributed by atoms with Crippen LogP contribution in [-0.4, -0.2) is 29.5 Å². The zero-order valence-corrected chi connectivity index (χ0v) is 15.0. The molecular weight excluding hydrogens is 324 g/mol. The van der Waals surface area contributed by atoms with Crippen molar-refractivity contribution in [3.8, 4) is 5.75 Å². The number of thiol groups is 1. The van der Waals surface area contributed by atoms with Gasteiger partial charge in [0.25, 0.3) is 0 Å². The highest BCUT2D eigenvalue weighted by molar-refractivity contribution is 7.79. The van der Waals surface area contributed by atoms with Gasteiger partial charge >= 0.3 is 5.97 Å². The minimum atomic E-state index is -1.06. The summed E-state index contributed by atoms with van der Waals surface area (Å²) in [6.45, 7) is 5.58. The average Bonchev–Trinajstić information content (AvgIpc) is 2.65. The number of rotatable bonds is 4. The van der Waals surface area contributed by atoms with Crippen LogP contribution in [0.15, 0.2) is 66.7 Å². The summed E-state index contributed by atoms with van der Waals surface area (Å²) in [5, 5.41) is 17.1. The molecule has 1 unspecified atom stereocenters. The summed E-state index contributed by atoms with van der Waals surface area (Å²) < 4.78 is 5.14. The highest BCUT2D eigenvalue weighted by Gasteiger charge is 2.20. The second-order valence-corrected chi connectivity index (χ2v) is 4.54. The number of hydrogen-bond donors (Lipinski definition) is 3. The summed E-state index contributed by atoms with van der Waals surface area (Å²) >= 11 is 3.53. The first kappa shape index (κ1) is 21.9. The van der Waals surface area contributed by atoms with Gasteiger partial charge in [0, 0.05) is 7.11 Å². The standard InChI is InChI=1S/C17H16O3.CH4O.CH4S/c1-12-8-10-14(11-9-12)16(18)13(2)17(19)20-15-6-4-3-5-7-15;2*1-2/h3-11,16,18H,2H2,1H3;2*2H,1H3. The van der Waals surface area contributed by atoms with Crippen molar-refractivity contribution >= 4 is 18.6 Å². The van der Waals surface area contributed by atoms with Gasteiger partial charge in [-0.15, -0.1) is 0 Å². The maximum Gasteiger partial charge on any atom is 0.341 e. The van der Waals surface area contributed by atoms with Crippen molar-refractivity contribution < 1.29 is 19.7 Å². The van der Waals surface area contributed by atoms with E-state index in [-0.39, 0.29) is 5.57 Å². The first-order chi connectivity index (χ1) is 11.6. The molecule has 0 aliphatic heterocycles. The number of carbonyl (C=O) groups excluding carboxylic acids is 1. The fourth-order valence-electron chi connectivity index (χ4n) is 1.72. The van der Waals surface area contributed by atoms with E-state index in [4.69, 9.17) is 9.84 Å². The number of para-hydroxylation sites is 1. The van der Waals surface area contributed by atoms with Crippen LogP contribution in [0.4, 0.5) is 0 Å². The lowest BCUT2D eigenvalue weighted by molar-refractivity contribution is -0.131. The number of esters is 1. The number of aliphatic hydroxyl groups is 2. The Morgan fingerprint density at radius 3 is 2.04 bits per heavy atom. The Bertz CT molecular complexity index is 609. The van der Waals surface area contributed by atoms with Crippen LogP contribution < -0.4 is 4.74 Å². The van der Waals surface area contributed by atoms with Gasteiger partial charge in [-0.25, -0.2) is 4.79 Å². The van der Waals surface area contributed by atoms with Gasteiger partial charge in [-0.2, -0.15) is 12.6 Å². The molecule has 130 valence electrons. The van der Waals surface area contributed by atoms with Crippen molar-refractivity contribution in [3.63, 3.8) is 0 Å². The summed E-state index contributed by atoms with van der Waals surface area (Å²) in [4.78, 5) is 11.9. The lowest BCUT2D eigenvalue weighted by Gasteiger charge is -2.13. The molecule has 4 nitrogen and oxygen atoms in total. The molecule has 0 aliphatic rings. The Morgan fingerprint density at radius 1 is 1.04 bits per heavy atom. The molecule has 1 atom stereocenters. The molecular formula is C19H24O4S. The molecule has 0 radical (unpaired) electrons. The normalized spacial score (nSPS) is 10.2. The Labute approximate surface area is 148 Å². The molecule has 5 heteroatoms. The van der Waals surface area contributed by atoms with Gasteiger partial charge in [-0.1, -0.05) is 54.6 Å². The van der Waals surface area contributed by atoms with Crippen molar-refractivity contribution in [3.05, 3.63) is 77.9 Å². The van der Waals surface area contributed by atoms with Crippen LogP contribution >= 0.6 is 12.6 Å². The van der Waals surface area contributed by atoms with Crippen molar-refractivity contribution in [2.75, 3.05) is 13.4 Å². The Kier molecular flexibility index (Phi) is 11.3. The molecule has 0 aliphatic carbocycles. The lowest BCUT2D eigenvalue weighted by atomic mass is 10.0. The monoisotopic (exact) mass is 348 g/mol. The molecule has 2 aromatic rings. The number of aryl methyl sites for hydroxylation is 1. The van der Waals surface area contributed by atoms with Gasteiger partial charge in [0.1, 0.15) is 11.9 Å². The number of benzene rings is 2. The number of aliphatic hydroxyl groups excluding tert-OH is 2. The third-order valence-electron chi connectivity index (χ3n) is 2.94. The summed E-state index contributed by atoms with van der Waals surface area (Å²) in [7, 11) is 1.00. The number of carbonyl (C=O) groups is 1. The van der Waals surface area contributed by atoms with Crippen molar-refractivity contribution in [2.24, 2.45) is 0 Å². The zero-order valence-electron chi connectivity index (χ0n) is 14.1. The first-order valence-electron chi connectivity index (χ1n) is 7.18. The van der Waals surface area contributed by atoms with Gasteiger partial charge in [0.15, 0.2) is 0 Å². The number of ether oxygens (including phenoxy) is 1. The molecule has 2 rings (SSSR count). The minimum absolute atomic E-state index is 0.0118. The average molecular weight is 348 g/mol. The van der Waals surface area contributed by atoms with Crippen LogP contribution in [0.2, 0.25) is 0 Å². The van der Waals surface area contributed by atoms with Crippen LogP contribution in [0.1, 0.15) is 17.2 Å². The zero-order chi connectivity index (χ0) is 18.5. The second kappa shape index (κ2) is 12.4. The molecule has 0 heterocycles. The molecule has 0 aromatic heterocycles. The predicted molar refractivity (Wildman–Crippen MR) is 100 cm³/mol. The third-order valence-corrected chi connectivity index (χ3v) is 2.94. The minimum Gasteiger partial charge on any atom is -0.423 e. The maximum atomic E-state index is 11.9. The summed E-state index contributed by atoms with van der Waals surface area (Å²) in [6.07, 6.45) is 0.631. The van der Waals surface area contributed by atoms with E-state index in [1.54, 1.807) is 42.7 Å². The molecule has 2 aromatic carbocycles. The van der Waals surface area contributed by atoms with Crippen LogP contribution in [0.3, 0.4) is 0 Å². The summed E-state index contributed by atoms with van der Waals surface area (Å²) in [5.74, 6) is -0.209. The molecule has 24 heavy (non-hydrogen) atoms. The van der Waals surface area contributed by atoms with Gasteiger partial charge < -0.3 is 14.9 Å². The summed E-state index contributed by atoms with van der Waals surface area (Å²) in [6, 6.07) is 16.0. The highest BCUT2D eigenvalue weighted by Crippen LogP contribution is 2.22. The fraction of sp³-hybridized carbons (Fsp3) is 0.211. The fourth-order valence-corrected chi connectivity index (χ4v) is 1.72. The van der Waals surface area contributed by atoms with Crippen LogP contribution in [0, 0.1) is 6.92 Å².